The van der Waals surface area contributed by atoms with Crippen LogP contribution in [0.4, 0.5) is 22.0 Å². The highest BCUT2D eigenvalue weighted by Gasteiger charge is 2.63. The maximum atomic E-state index is 13.0. The summed E-state index contributed by atoms with van der Waals surface area (Å²) in [7, 11) is 0. The molecule has 0 aromatic heterocycles. The van der Waals surface area contributed by atoms with Crippen LogP contribution in [0.5, 0.6) is 0 Å². The fraction of sp³-hybridized carbons (Fsp3) is 0.462. The molecule has 1 nitrogen and oxygen atoms in total. The molecule has 0 unspecified atom stereocenters. The summed E-state index contributed by atoms with van der Waals surface area (Å²) < 4.78 is 62.3. The predicted molar refractivity (Wildman–Crippen MR) is 60.5 cm³/mol. The van der Waals surface area contributed by atoms with E-state index in [0.717, 1.165) is 17.7 Å². The van der Waals surface area contributed by atoms with Crippen LogP contribution in [0.15, 0.2) is 18.2 Å². The molecule has 106 valence electrons. The first kappa shape index (κ1) is 15.6. The van der Waals surface area contributed by atoms with Crippen LogP contribution in [0.2, 0.25) is 0 Å². The number of halogens is 5. The van der Waals surface area contributed by atoms with E-state index in [1.54, 1.807) is 6.92 Å². The maximum Gasteiger partial charge on any atom is 0.461 e. The quantitative estimate of drug-likeness (QED) is 0.597. The molecule has 1 aromatic carbocycles. The van der Waals surface area contributed by atoms with Crippen molar-refractivity contribution in [2.24, 2.45) is 0 Å². The molecule has 0 aliphatic carbocycles. The van der Waals surface area contributed by atoms with Gasteiger partial charge in [0.15, 0.2) is 0 Å². The Morgan fingerprint density at radius 2 is 1.53 bits per heavy atom. The second kappa shape index (κ2) is 5.27. The molecule has 1 aromatic rings. The molecule has 0 aliphatic rings. The SMILES string of the molecule is CCc1ccc(C(=O)C(F)(F)C(F)(F)F)cc1CC. The Kier molecular flexibility index (Phi) is 4.32. The summed E-state index contributed by atoms with van der Waals surface area (Å²) in [6.45, 7) is 3.57. The molecule has 0 amide bonds. The number of aryl methyl sites for hydroxylation is 2. The molecule has 0 spiro atoms. The summed E-state index contributed by atoms with van der Waals surface area (Å²) in [6.07, 6.45) is -4.80. The molecule has 0 bridgehead atoms. The number of hydrogen-bond acceptors (Lipinski definition) is 1. The molecule has 0 atom stereocenters. The van der Waals surface area contributed by atoms with Gasteiger partial charge in [-0.2, -0.15) is 22.0 Å². The van der Waals surface area contributed by atoms with E-state index in [0.29, 0.717) is 18.4 Å². The second-order valence-electron chi connectivity index (χ2n) is 4.09. The summed E-state index contributed by atoms with van der Waals surface area (Å²) in [4.78, 5) is 11.3. The minimum absolute atomic E-state index is 0.460. The number of Topliss-reactive ketones (excluding diaryl/α,β-unsaturated/α-hetero) is 1. The first-order valence-corrected chi connectivity index (χ1v) is 5.76. The molecular weight excluding hydrogens is 267 g/mol. The Morgan fingerprint density at radius 1 is 1.00 bits per heavy atom. The van der Waals surface area contributed by atoms with Crippen LogP contribution in [0.1, 0.15) is 35.3 Å². The van der Waals surface area contributed by atoms with Gasteiger partial charge < -0.3 is 0 Å². The molecule has 0 heterocycles. The minimum atomic E-state index is -5.88. The monoisotopic (exact) mass is 280 g/mol. The lowest BCUT2D eigenvalue weighted by molar-refractivity contribution is -0.255. The lowest BCUT2D eigenvalue weighted by Gasteiger charge is -2.18. The highest BCUT2D eigenvalue weighted by atomic mass is 19.4. The van der Waals surface area contributed by atoms with Gasteiger partial charge in [-0.1, -0.05) is 26.0 Å². The largest absolute Gasteiger partial charge is 0.461 e. The first-order valence-electron chi connectivity index (χ1n) is 5.76. The third kappa shape index (κ3) is 2.93. The molecule has 1 rings (SSSR count). The van der Waals surface area contributed by atoms with Crippen molar-refractivity contribution in [3.63, 3.8) is 0 Å². The summed E-state index contributed by atoms with van der Waals surface area (Å²) in [5.41, 5.74) is 0.817. The third-order valence-electron chi connectivity index (χ3n) is 2.87. The number of benzene rings is 1. The van der Waals surface area contributed by atoms with Crippen molar-refractivity contribution in [2.75, 3.05) is 0 Å². The fourth-order valence-corrected chi connectivity index (χ4v) is 1.75. The van der Waals surface area contributed by atoms with Crippen LogP contribution >= 0.6 is 0 Å². The van der Waals surface area contributed by atoms with E-state index in [9.17, 15) is 26.7 Å². The van der Waals surface area contributed by atoms with E-state index in [1.165, 1.54) is 6.07 Å². The highest BCUT2D eigenvalue weighted by molar-refractivity contribution is 6.02. The number of alkyl halides is 5. The van der Waals surface area contributed by atoms with Gasteiger partial charge in [0.2, 0.25) is 5.78 Å². The average molecular weight is 280 g/mol. The van der Waals surface area contributed by atoms with Gasteiger partial charge in [0, 0.05) is 5.56 Å². The summed E-state index contributed by atoms with van der Waals surface area (Å²) in [5.74, 6) is -7.57. The smallest absolute Gasteiger partial charge is 0.287 e. The minimum Gasteiger partial charge on any atom is -0.287 e. The lowest BCUT2D eigenvalue weighted by atomic mass is 9.96. The fourth-order valence-electron chi connectivity index (χ4n) is 1.75. The molecular formula is C13H13F5O. The average Bonchev–Trinajstić information content (AvgIpc) is 2.35. The van der Waals surface area contributed by atoms with Crippen molar-refractivity contribution >= 4 is 5.78 Å². The Balaban J connectivity index is 3.21. The summed E-state index contributed by atoms with van der Waals surface area (Å²) in [6, 6.07) is 3.54. The number of ketones is 1. The second-order valence-corrected chi connectivity index (χ2v) is 4.09. The van der Waals surface area contributed by atoms with E-state index < -0.39 is 23.4 Å². The number of carbonyl (C=O) groups excluding carboxylic acids is 1. The number of hydrogen-bond donors (Lipinski definition) is 0. The van der Waals surface area contributed by atoms with E-state index in [4.69, 9.17) is 0 Å². The molecule has 0 N–H and O–H groups in total. The van der Waals surface area contributed by atoms with Crippen molar-refractivity contribution in [3.05, 3.63) is 34.9 Å². The van der Waals surface area contributed by atoms with Crippen LogP contribution in [0.25, 0.3) is 0 Å². The first-order chi connectivity index (χ1) is 8.65. The van der Waals surface area contributed by atoms with Crippen molar-refractivity contribution in [1.82, 2.24) is 0 Å². The van der Waals surface area contributed by atoms with Crippen molar-refractivity contribution in [3.8, 4) is 0 Å². The highest BCUT2D eigenvalue weighted by Crippen LogP contribution is 2.38. The molecule has 0 saturated heterocycles. The molecule has 6 heteroatoms. The number of carbonyl (C=O) groups is 1. The van der Waals surface area contributed by atoms with Gasteiger partial charge in [0.25, 0.3) is 0 Å². The lowest BCUT2D eigenvalue weighted by Crippen LogP contribution is -2.44. The normalized spacial score (nSPS) is 12.6. The van der Waals surface area contributed by atoms with Crippen molar-refractivity contribution in [2.45, 2.75) is 38.8 Å². The van der Waals surface area contributed by atoms with E-state index in [1.807, 2.05) is 6.92 Å². The van der Waals surface area contributed by atoms with Crippen LogP contribution in [0, 0.1) is 0 Å². The topological polar surface area (TPSA) is 17.1 Å². The molecule has 0 aliphatic heterocycles. The molecule has 0 radical (unpaired) electrons. The maximum absolute atomic E-state index is 13.0. The van der Waals surface area contributed by atoms with Crippen LogP contribution in [-0.2, 0) is 12.8 Å². The van der Waals surface area contributed by atoms with E-state index >= 15 is 0 Å². The van der Waals surface area contributed by atoms with Crippen LogP contribution < -0.4 is 0 Å². The van der Waals surface area contributed by atoms with Gasteiger partial charge in [-0.05, 0) is 30.0 Å². The zero-order chi connectivity index (χ0) is 14.8. The van der Waals surface area contributed by atoms with Gasteiger partial charge in [0.1, 0.15) is 0 Å². The zero-order valence-electron chi connectivity index (χ0n) is 10.4. The van der Waals surface area contributed by atoms with Gasteiger partial charge >= 0.3 is 12.1 Å². The van der Waals surface area contributed by atoms with Crippen molar-refractivity contribution in [1.29, 1.82) is 0 Å². The van der Waals surface area contributed by atoms with Crippen molar-refractivity contribution < 1.29 is 26.7 Å². The Bertz CT molecular complexity index is 476. The van der Waals surface area contributed by atoms with Gasteiger partial charge in [-0.25, -0.2) is 0 Å². The molecule has 0 fully saturated rings. The standard InChI is InChI=1S/C13H13F5O/c1-3-8-5-6-10(7-9(8)4-2)11(19)12(14,15)13(16,17)18/h5-7H,3-4H2,1-2H3. The Morgan fingerprint density at radius 3 is 1.95 bits per heavy atom. The van der Waals surface area contributed by atoms with E-state index in [2.05, 4.69) is 0 Å². The van der Waals surface area contributed by atoms with Crippen LogP contribution in [0.3, 0.4) is 0 Å². The summed E-state index contributed by atoms with van der Waals surface area (Å²) in [5, 5.41) is 0. The summed E-state index contributed by atoms with van der Waals surface area (Å²) >= 11 is 0. The molecule has 0 saturated carbocycles. The van der Waals surface area contributed by atoms with Crippen LogP contribution in [-0.4, -0.2) is 17.9 Å². The van der Waals surface area contributed by atoms with Gasteiger partial charge in [-0.3, -0.25) is 4.79 Å². The predicted octanol–water partition coefficient (Wildman–Crippen LogP) is 4.19. The van der Waals surface area contributed by atoms with E-state index in [-0.39, 0.29) is 0 Å². The Labute approximate surface area is 107 Å². The number of rotatable bonds is 4. The zero-order valence-corrected chi connectivity index (χ0v) is 10.4. The Hall–Kier alpha value is -1.46. The molecule has 19 heavy (non-hydrogen) atoms. The van der Waals surface area contributed by atoms with Gasteiger partial charge in [-0.15, -0.1) is 0 Å². The third-order valence-corrected chi connectivity index (χ3v) is 2.87. The van der Waals surface area contributed by atoms with Gasteiger partial charge in [0.05, 0.1) is 0 Å².